The third kappa shape index (κ3) is 41.8. The minimum Gasteiger partial charge on any atom is -0.481 e. The first-order valence-electron chi connectivity index (χ1n) is 21.9. The van der Waals surface area contributed by atoms with E-state index in [0.717, 1.165) is 83.5 Å². The molecule has 0 amide bonds. The molecule has 0 aromatic carbocycles. The molecule has 1 atom stereocenters. The molecule has 0 bridgehead atoms. The lowest BCUT2D eigenvalue weighted by Gasteiger charge is -2.18. The first-order valence-corrected chi connectivity index (χ1v) is 21.9. The maximum absolute atomic E-state index is 12.6. The molecular weight excluding hydrogens is 641 g/mol. The lowest BCUT2D eigenvalue weighted by atomic mass is 10.0. The Morgan fingerprint density at radius 2 is 0.808 bits per heavy atom. The minimum absolute atomic E-state index is 0.0729. The zero-order valence-electron chi connectivity index (χ0n) is 34.1. The number of carbonyl (C=O) groups is 2. The average molecular weight is 723 g/mol. The normalized spacial score (nSPS) is 13.0. The van der Waals surface area contributed by atoms with Gasteiger partial charge in [-0.2, -0.15) is 0 Å². The van der Waals surface area contributed by atoms with Gasteiger partial charge < -0.3 is 9.84 Å². The third-order valence-electron chi connectivity index (χ3n) is 9.44. The first kappa shape index (κ1) is 49.4. The maximum Gasteiger partial charge on any atom is 0.306 e. The molecule has 0 aliphatic heterocycles. The highest BCUT2D eigenvalue weighted by Crippen LogP contribution is 2.18. The first-order chi connectivity index (χ1) is 25.6. The molecule has 1 unspecified atom stereocenters. The summed E-state index contributed by atoms with van der Waals surface area (Å²) in [6.45, 7) is 4.44. The van der Waals surface area contributed by atoms with Crippen LogP contribution in [0.5, 0.6) is 0 Å². The van der Waals surface area contributed by atoms with Crippen LogP contribution < -0.4 is 0 Å². The minimum atomic E-state index is -0.752. The Morgan fingerprint density at radius 3 is 1.23 bits per heavy atom. The number of aliphatic carboxylic acids is 1. The fraction of sp³-hybridized carbons (Fsp3) is 0.708. The number of rotatable bonds is 39. The van der Waals surface area contributed by atoms with Crippen LogP contribution in [0.4, 0.5) is 0 Å². The predicted molar refractivity (Wildman–Crippen MR) is 227 cm³/mol. The van der Waals surface area contributed by atoms with Crippen LogP contribution in [-0.4, -0.2) is 23.1 Å². The predicted octanol–water partition coefficient (Wildman–Crippen LogP) is 15.5. The van der Waals surface area contributed by atoms with Crippen molar-refractivity contribution in [2.75, 3.05) is 0 Å². The summed E-state index contributed by atoms with van der Waals surface area (Å²) in [5.41, 5.74) is 0. The molecule has 4 heteroatoms. The van der Waals surface area contributed by atoms with Crippen LogP contribution in [0.15, 0.2) is 72.9 Å². The van der Waals surface area contributed by atoms with Gasteiger partial charge in [0, 0.05) is 12.8 Å². The standard InChI is InChI=1S/C48H82O4/c1-3-5-7-9-11-13-15-17-19-21-22-23-24-25-27-29-31-33-35-37-39-45-48(51)52-46(43-40-41-44-47(49)50)42-38-36-34-32-30-28-26-20-18-16-14-12-10-8-6-4-2/h5,7,11,13,17,19,22-23,25,27,31,33,46H,3-4,6,8-10,12,14-16,18,20-21,24,26,28-30,32,34-45H2,1-2H3,(H,49,50)/b7-5-,13-11-,19-17-,23-22-,27-25-,33-31-. The van der Waals surface area contributed by atoms with Crippen molar-refractivity contribution in [2.24, 2.45) is 0 Å². The van der Waals surface area contributed by atoms with Crippen molar-refractivity contribution in [2.45, 2.75) is 219 Å². The molecule has 1 N–H and O–H groups in total. The summed E-state index contributed by atoms with van der Waals surface area (Å²) in [6, 6.07) is 0. The lowest BCUT2D eigenvalue weighted by molar-refractivity contribution is -0.150. The van der Waals surface area contributed by atoms with Gasteiger partial charge in [-0.05, 0) is 89.9 Å². The number of unbranched alkanes of at least 4 members (excludes halogenated alkanes) is 18. The van der Waals surface area contributed by atoms with E-state index >= 15 is 0 Å². The van der Waals surface area contributed by atoms with E-state index in [1.54, 1.807) is 0 Å². The summed E-state index contributed by atoms with van der Waals surface area (Å²) < 4.78 is 5.90. The quantitative estimate of drug-likeness (QED) is 0.0390. The molecule has 0 heterocycles. The van der Waals surface area contributed by atoms with E-state index in [9.17, 15) is 9.59 Å². The molecule has 0 aliphatic carbocycles. The summed E-state index contributed by atoms with van der Waals surface area (Å²) in [6.07, 6.45) is 60.7. The van der Waals surface area contributed by atoms with Gasteiger partial charge in [-0.1, -0.05) is 183 Å². The molecule has 4 nitrogen and oxygen atoms in total. The van der Waals surface area contributed by atoms with Gasteiger partial charge in [0.1, 0.15) is 6.10 Å². The largest absolute Gasteiger partial charge is 0.481 e. The molecule has 0 aliphatic rings. The van der Waals surface area contributed by atoms with Crippen LogP contribution in [0.2, 0.25) is 0 Å². The fourth-order valence-corrected chi connectivity index (χ4v) is 6.25. The number of carboxylic acids is 1. The van der Waals surface area contributed by atoms with Crippen LogP contribution >= 0.6 is 0 Å². The summed E-state index contributed by atoms with van der Waals surface area (Å²) in [7, 11) is 0. The van der Waals surface area contributed by atoms with Crippen molar-refractivity contribution < 1.29 is 19.4 Å². The van der Waals surface area contributed by atoms with E-state index < -0.39 is 5.97 Å². The van der Waals surface area contributed by atoms with Gasteiger partial charge in [0.2, 0.25) is 0 Å². The van der Waals surface area contributed by atoms with Gasteiger partial charge in [0.15, 0.2) is 0 Å². The van der Waals surface area contributed by atoms with Gasteiger partial charge in [-0.25, -0.2) is 0 Å². The van der Waals surface area contributed by atoms with Crippen LogP contribution in [0.3, 0.4) is 0 Å². The van der Waals surface area contributed by atoms with Crippen LogP contribution in [0.25, 0.3) is 0 Å². The Hall–Kier alpha value is -2.62. The van der Waals surface area contributed by atoms with Crippen molar-refractivity contribution >= 4 is 11.9 Å². The Balaban J connectivity index is 3.97. The SMILES string of the molecule is CC/C=C\C/C=C\C/C=C\C/C=C\C/C=C\C/C=C\CCCCC(=O)OC(CCCCCCCCCCCCCCCCCC)CCCCC(=O)O. The number of allylic oxidation sites excluding steroid dienone is 12. The van der Waals surface area contributed by atoms with E-state index in [4.69, 9.17) is 9.84 Å². The van der Waals surface area contributed by atoms with E-state index in [1.165, 1.54) is 96.3 Å². The van der Waals surface area contributed by atoms with Crippen LogP contribution in [0.1, 0.15) is 213 Å². The van der Waals surface area contributed by atoms with Crippen molar-refractivity contribution in [3.8, 4) is 0 Å². The van der Waals surface area contributed by atoms with Crippen LogP contribution in [0, 0.1) is 0 Å². The smallest absolute Gasteiger partial charge is 0.306 e. The topological polar surface area (TPSA) is 63.6 Å². The average Bonchev–Trinajstić information content (AvgIpc) is 3.13. The zero-order valence-corrected chi connectivity index (χ0v) is 34.1. The number of carbonyl (C=O) groups excluding carboxylic acids is 1. The van der Waals surface area contributed by atoms with E-state index in [0.29, 0.717) is 12.8 Å². The fourth-order valence-electron chi connectivity index (χ4n) is 6.25. The summed E-state index contributed by atoms with van der Waals surface area (Å²) in [4.78, 5) is 23.5. The molecule has 0 fully saturated rings. The molecule has 0 aromatic heterocycles. The van der Waals surface area contributed by atoms with Crippen molar-refractivity contribution in [3.63, 3.8) is 0 Å². The van der Waals surface area contributed by atoms with E-state index in [-0.39, 0.29) is 18.5 Å². The number of carboxylic acid groups (broad SMARTS) is 1. The summed E-state index contributed by atoms with van der Waals surface area (Å²) in [5.74, 6) is -0.847. The Bertz CT molecular complexity index is 953. The van der Waals surface area contributed by atoms with Gasteiger partial charge in [-0.15, -0.1) is 0 Å². The second kappa shape index (κ2) is 42.8. The van der Waals surface area contributed by atoms with Crippen molar-refractivity contribution in [1.29, 1.82) is 0 Å². The van der Waals surface area contributed by atoms with Gasteiger partial charge in [0.25, 0.3) is 0 Å². The summed E-state index contributed by atoms with van der Waals surface area (Å²) >= 11 is 0. The number of ether oxygens (including phenoxy) is 1. The Labute approximate surface area is 322 Å². The molecule has 0 saturated heterocycles. The molecule has 298 valence electrons. The third-order valence-corrected chi connectivity index (χ3v) is 9.44. The molecule has 0 aromatic rings. The van der Waals surface area contributed by atoms with Gasteiger partial charge >= 0.3 is 11.9 Å². The number of hydrogen-bond donors (Lipinski definition) is 1. The molecule has 0 saturated carbocycles. The molecule has 0 rings (SSSR count). The monoisotopic (exact) mass is 723 g/mol. The van der Waals surface area contributed by atoms with E-state index in [2.05, 4.69) is 86.8 Å². The van der Waals surface area contributed by atoms with Crippen LogP contribution in [-0.2, 0) is 14.3 Å². The molecule has 0 spiro atoms. The number of esters is 1. The van der Waals surface area contributed by atoms with E-state index in [1.807, 2.05) is 0 Å². The highest BCUT2D eigenvalue weighted by molar-refractivity contribution is 5.69. The molecule has 0 radical (unpaired) electrons. The highest BCUT2D eigenvalue weighted by atomic mass is 16.5. The second-order valence-electron chi connectivity index (χ2n) is 14.5. The lowest BCUT2D eigenvalue weighted by Crippen LogP contribution is -2.18. The zero-order chi connectivity index (χ0) is 37.8. The van der Waals surface area contributed by atoms with Crippen molar-refractivity contribution in [1.82, 2.24) is 0 Å². The molecule has 52 heavy (non-hydrogen) atoms. The summed E-state index contributed by atoms with van der Waals surface area (Å²) in [5, 5.41) is 8.98. The maximum atomic E-state index is 12.6. The number of hydrogen-bond acceptors (Lipinski definition) is 3. The van der Waals surface area contributed by atoms with Crippen molar-refractivity contribution in [3.05, 3.63) is 72.9 Å². The Morgan fingerprint density at radius 1 is 0.442 bits per heavy atom. The van der Waals surface area contributed by atoms with Gasteiger partial charge in [-0.3, -0.25) is 9.59 Å². The highest BCUT2D eigenvalue weighted by Gasteiger charge is 2.14. The Kier molecular flexibility index (Phi) is 40.6. The van der Waals surface area contributed by atoms with Gasteiger partial charge in [0.05, 0.1) is 0 Å². The molecular formula is C48H82O4. The second-order valence-corrected chi connectivity index (χ2v) is 14.5.